The second-order valence-corrected chi connectivity index (χ2v) is 6.94. The van der Waals surface area contributed by atoms with E-state index in [1.807, 2.05) is 0 Å². The first-order valence-corrected chi connectivity index (χ1v) is 8.28. The van der Waals surface area contributed by atoms with Crippen LogP contribution in [-0.4, -0.2) is 30.1 Å². The van der Waals surface area contributed by atoms with Crippen LogP contribution in [0.2, 0.25) is 0 Å². The summed E-state index contributed by atoms with van der Waals surface area (Å²) in [7, 11) is 0. The zero-order valence-electron chi connectivity index (χ0n) is 12.2. The summed E-state index contributed by atoms with van der Waals surface area (Å²) in [5.74, 6) is 2.59. The summed E-state index contributed by atoms with van der Waals surface area (Å²) in [4.78, 5) is 14.4. The third-order valence-electron chi connectivity index (χ3n) is 5.69. The number of carbonyl (C=O) groups is 1. The molecular weight excluding hydrogens is 236 g/mol. The lowest BCUT2D eigenvalue weighted by Gasteiger charge is -2.36. The van der Waals surface area contributed by atoms with Gasteiger partial charge in [-0.3, -0.25) is 10.1 Å². The number of rotatable bonds is 3. The Hall–Kier alpha value is -0.570. The van der Waals surface area contributed by atoms with Gasteiger partial charge in [0, 0.05) is 6.54 Å². The fraction of sp³-hybridized carbons (Fsp3) is 0.938. The van der Waals surface area contributed by atoms with Crippen LogP contribution in [0.1, 0.15) is 58.3 Å². The Kier molecular flexibility index (Phi) is 4.11. The summed E-state index contributed by atoms with van der Waals surface area (Å²) in [6, 6.07) is 0. The first-order valence-electron chi connectivity index (χ1n) is 8.28. The predicted octanol–water partition coefficient (Wildman–Crippen LogP) is 2.76. The first-order chi connectivity index (χ1) is 9.25. The van der Waals surface area contributed by atoms with E-state index in [0.29, 0.717) is 24.5 Å². The maximum Gasteiger partial charge on any atom is 0.237 e. The summed E-state index contributed by atoms with van der Waals surface area (Å²) in [5.41, 5.74) is 0. The molecule has 3 rings (SSSR count). The van der Waals surface area contributed by atoms with E-state index in [2.05, 4.69) is 17.1 Å². The molecule has 3 aliphatic rings. The number of hydrogen-bond acceptors (Lipinski definition) is 2. The maximum absolute atomic E-state index is 12.2. The van der Waals surface area contributed by atoms with E-state index in [4.69, 9.17) is 0 Å². The van der Waals surface area contributed by atoms with Crippen LogP contribution in [0, 0.1) is 17.8 Å². The highest BCUT2D eigenvalue weighted by atomic mass is 16.2. The molecule has 2 aliphatic carbocycles. The van der Waals surface area contributed by atoms with Gasteiger partial charge in [-0.1, -0.05) is 39.0 Å². The molecule has 108 valence electrons. The Morgan fingerprint density at radius 3 is 2.53 bits per heavy atom. The second kappa shape index (κ2) is 5.82. The molecule has 19 heavy (non-hydrogen) atoms. The Bertz CT molecular complexity index is 325. The Morgan fingerprint density at radius 2 is 1.79 bits per heavy atom. The van der Waals surface area contributed by atoms with Crippen LogP contribution in [-0.2, 0) is 4.79 Å². The Balaban J connectivity index is 1.64. The summed E-state index contributed by atoms with van der Waals surface area (Å²) in [5, 5.41) is 3.48. The lowest BCUT2D eigenvalue weighted by atomic mass is 9.80. The van der Waals surface area contributed by atoms with E-state index in [0.717, 1.165) is 18.4 Å². The number of hydrogen-bond donors (Lipinski definition) is 1. The van der Waals surface area contributed by atoms with Crippen LogP contribution in [0.5, 0.6) is 0 Å². The molecule has 1 aliphatic heterocycles. The summed E-state index contributed by atoms with van der Waals surface area (Å²) in [6.45, 7) is 3.96. The van der Waals surface area contributed by atoms with Gasteiger partial charge in [0.15, 0.2) is 0 Å². The van der Waals surface area contributed by atoms with E-state index in [1.54, 1.807) is 0 Å². The van der Waals surface area contributed by atoms with E-state index >= 15 is 0 Å². The first kappa shape index (κ1) is 13.4. The van der Waals surface area contributed by atoms with Gasteiger partial charge in [0.05, 0.1) is 12.7 Å². The molecular formula is C16H28N2O. The molecule has 1 heterocycles. The number of nitrogens with one attached hydrogen (secondary N) is 1. The smallest absolute Gasteiger partial charge is 0.237 e. The second-order valence-electron chi connectivity index (χ2n) is 6.94. The summed E-state index contributed by atoms with van der Waals surface area (Å²) >= 11 is 0. The number of amides is 1. The quantitative estimate of drug-likeness (QED) is 0.850. The Morgan fingerprint density at radius 1 is 1.11 bits per heavy atom. The van der Waals surface area contributed by atoms with Crippen molar-refractivity contribution in [2.24, 2.45) is 17.8 Å². The minimum Gasteiger partial charge on any atom is -0.325 e. The van der Waals surface area contributed by atoms with Crippen molar-refractivity contribution in [3.8, 4) is 0 Å². The van der Waals surface area contributed by atoms with Gasteiger partial charge in [0.1, 0.15) is 0 Å². The van der Waals surface area contributed by atoms with E-state index < -0.39 is 0 Å². The van der Waals surface area contributed by atoms with Crippen molar-refractivity contribution >= 4 is 5.91 Å². The minimum atomic E-state index is 0.342. The fourth-order valence-electron chi connectivity index (χ4n) is 4.39. The highest BCUT2D eigenvalue weighted by Gasteiger charge is 2.38. The molecule has 3 nitrogen and oxygen atoms in total. The van der Waals surface area contributed by atoms with E-state index in [1.165, 1.54) is 51.4 Å². The van der Waals surface area contributed by atoms with Crippen LogP contribution in [0.3, 0.4) is 0 Å². The zero-order valence-corrected chi connectivity index (χ0v) is 12.2. The van der Waals surface area contributed by atoms with Crippen LogP contribution in [0.25, 0.3) is 0 Å². The largest absolute Gasteiger partial charge is 0.325 e. The van der Waals surface area contributed by atoms with Crippen molar-refractivity contribution in [3.63, 3.8) is 0 Å². The van der Waals surface area contributed by atoms with Crippen LogP contribution in [0.15, 0.2) is 0 Å². The Labute approximate surface area is 117 Å². The molecule has 3 heteroatoms. The van der Waals surface area contributed by atoms with Crippen molar-refractivity contribution in [3.05, 3.63) is 0 Å². The molecule has 0 radical (unpaired) electrons. The van der Waals surface area contributed by atoms with Crippen molar-refractivity contribution in [2.45, 2.75) is 64.5 Å². The lowest BCUT2D eigenvalue weighted by Crippen LogP contribution is -2.45. The van der Waals surface area contributed by atoms with Crippen molar-refractivity contribution in [2.75, 3.05) is 13.1 Å². The van der Waals surface area contributed by atoms with Gasteiger partial charge >= 0.3 is 0 Å². The average molecular weight is 264 g/mol. The van der Waals surface area contributed by atoms with Gasteiger partial charge in [0.2, 0.25) is 5.91 Å². The normalized spacial score (nSPS) is 37.2. The van der Waals surface area contributed by atoms with Crippen molar-refractivity contribution in [1.82, 2.24) is 10.2 Å². The lowest BCUT2D eigenvalue weighted by molar-refractivity contribution is -0.129. The minimum absolute atomic E-state index is 0.342. The van der Waals surface area contributed by atoms with Gasteiger partial charge in [-0.15, -0.1) is 0 Å². The van der Waals surface area contributed by atoms with Gasteiger partial charge in [0.25, 0.3) is 0 Å². The molecule has 0 aromatic rings. The molecule has 0 aromatic heterocycles. The summed E-state index contributed by atoms with van der Waals surface area (Å²) in [6.07, 6.45) is 11.1. The van der Waals surface area contributed by atoms with Gasteiger partial charge < -0.3 is 4.90 Å². The zero-order chi connectivity index (χ0) is 13.2. The molecule has 1 saturated heterocycles. The molecule has 3 fully saturated rings. The van der Waals surface area contributed by atoms with E-state index in [9.17, 15) is 4.79 Å². The van der Waals surface area contributed by atoms with Crippen molar-refractivity contribution < 1.29 is 4.79 Å². The molecule has 0 spiro atoms. The average Bonchev–Trinajstić information content (AvgIpc) is 3.03. The van der Waals surface area contributed by atoms with Gasteiger partial charge in [-0.2, -0.15) is 0 Å². The SMILES string of the molecule is CC1CCCCC1CN1C(=O)CNC1C1CCCC1. The molecule has 2 saturated carbocycles. The van der Waals surface area contributed by atoms with Gasteiger partial charge in [-0.25, -0.2) is 0 Å². The topological polar surface area (TPSA) is 32.3 Å². The number of nitrogens with zero attached hydrogens (tertiary/aromatic N) is 1. The molecule has 3 unspecified atom stereocenters. The van der Waals surface area contributed by atoms with Crippen LogP contribution < -0.4 is 5.32 Å². The molecule has 1 N–H and O–H groups in total. The highest BCUT2D eigenvalue weighted by Crippen LogP contribution is 2.34. The molecule has 1 amide bonds. The third kappa shape index (κ3) is 2.81. The fourth-order valence-corrected chi connectivity index (χ4v) is 4.39. The number of carbonyl (C=O) groups excluding carboxylic acids is 1. The van der Waals surface area contributed by atoms with Crippen molar-refractivity contribution in [1.29, 1.82) is 0 Å². The van der Waals surface area contributed by atoms with Crippen LogP contribution >= 0.6 is 0 Å². The standard InChI is InChI=1S/C16H28N2O/c1-12-6-2-3-9-14(12)11-18-15(19)10-17-16(18)13-7-4-5-8-13/h12-14,16-17H,2-11H2,1H3. The third-order valence-corrected chi connectivity index (χ3v) is 5.69. The molecule has 0 bridgehead atoms. The van der Waals surface area contributed by atoms with Gasteiger partial charge in [-0.05, 0) is 37.0 Å². The predicted molar refractivity (Wildman–Crippen MR) is 76.6 cm³/mol. The molecule has 3 atom stereocenters. The maximum atomic E-state index is 12.2. The van der Waals surface area contributed by atoms with Crippen LogP contribution in [0.4, 0.5) is 0 Å². The monoisotopic (exact) mass is 264 g/mol. The highest BCUT2D eigenvalue weighted by molar-refractivity contribution is 5.80. The summed E-state index contributed by atoms with van der Waals surface area (Å²) < 4.78 is 0. The van der Waals surface area contributed by atoms with E-state index in [-0.39, 0.29) is 0 Å². The molecule has 0 aromatic carbocycles.